The minimum Gasteiger partial charge on any atom is -0.462 e. The molecule has 1 unspecified atom stereocenters. The van der Waals surface area contributed by atoms with E-state index in [0.29, 0.717) is 19.3 Å². The van der Waals surface area contributed by atoms with Gasteiger partial charge in [-0.05, 0) is 89.9 Å². The first kappa shape index (κ1) is 59.6. The Morgan fingerprint density at radius 3 is 1.03 bits per heavy atom. The second-order valence-electron chi connectivity index (χ2n) is 17.2. The summed E-state index contributed by atoms with van der Waals surface area (Å²) in [5.41, 5.74) is 0. The summed E-state index contributed by atoms with van der Waals surface area (Å²) >= 11 is 0. The van der Waals surface area contributed by atoms with E-state index in [1.54, 1.807) is 0 Å². The van der Waals surface area contributed by atoms with Gasteiger partial charge in [0.15, 0.2) is 6.10 Å². The van der Waals surface area contributed by atoms with Crippen LogP contribution in [0.15, 0.2) is 85.1 Å². The fourth-order valence-electron chi connectivity index (χ4n) is 7.04. The first-order valence-electron chi connectivity index (χ1n) is 26.2. The minimum absolute atomic E-state index is 0.0946. The van der Waals surface area contributed by atoms with Gasteiger partial charge in [0.2, 0.25) is 0 Å². The third-order valence-corrected chi connectivity index (χ3v) is 11.0. The van der Waals surface area contributed by atoms with Crippen LogP contribution in [0.3, 0.4) is 0 Å². The van der Waals surface area contributed by atoms with Crippen LogP contribution in [0.25, 0.3) is 0 Å². The largest absolute Gasteiger partial charge is 0.462 e. The van der Waals surface area contributed by atoms with Gasteiger partial charge in [-0.1, -0.05) is 215 Å². The van der Waals surface area contributed by atoms with E-state index >= 15 is 0 Å². The van der Waals surface area contributed by atoms with Crippen molar-refractivity contribution in [3.63, 3.8) is 0 Å². The molecule has 0 saturated carbocycles. The zero-order valence-electron chi connectivity index (χ0n) is 41.1. The van der Waals surface area contributed by atoms with Crippen molar-refractivity contribution in [1.29, 1.82) is 0 Å². The number of unbranched alkanes of at least 4 members (excludes halogenated alkanes) is 25. The third-order valence-electron chi connectivity index (χ3n) is 11.0. The molecule has 0 fully saturated rings. The van der Waals surface area contributed by atoms with Gasteiger partial charge in [0.05, 0.1) is 0 Å². The number of allylic oxidation sites excluding steroid dienone is 14. The first-order chi connectivity index (χ1) is 31.0. The van der Waals surface area contributed by atoms with Crippen LogP contribution < -0.4 is 0 Å². The van der Waals surface area contributed by atoms with Gasteiger partial charge in [-0.2, -0.15) is 0 Å². The Hall–Kier alpha value is -3.41. The van der Waals surface area contributed by atoms with E-state index in [-0.39, 0.29) is 31.1 Å². The molecule has 0 heterocycles. The maximum atomic E-state index is 12.8. The summed E-state index contributed by atoms with van der Waals surface area (Å²) in [4.78, 5) is 38.0. The molecule has 0 N–H and O–H groups in total. The molecule has 0 rings (SSSR count). The van der Waals surface area contributed by atoms with Crippen LogP contribution in [-0.4, -0.2) is 37.2 Å². The van der Waals surface area contributed by atoms with Crippen molar-refractivity contribution < 1.29 is 28.6 Å². The molecule has 360 valence electrons. The molecule has 0 aliphatic carbocycles. The second-order valence-corrected chi connectivity index (χ2v) is 17.2. The van der Waals surface area contributed by atoms with E-state index in [1.807, 2.05) is 48.6 Å². The molecular formula is C57H96O6. The van der Waals surface area contributed by atoms with Gasteiger partial charge < -0.3 is 14.2 Å². The molecule has 1 atom stereocenters. The molecule has 6 nitrogen and oxygen atoms in total. The van der Waals surface area contributed by atoms with Crippen molar-refractivity contribution in [1.82, 2.24) is 0 Å². The highest BCUT2D eigenvalue weighted by Gasteiger charge is 2.19. The SMILES string of the molecule is CC\C=C/C=C\C=C/C=C\C=C/CCCCCC(=O)OCC(COC(=O)CCCCCCCCC/C=C\CCCCCC)OC(=O)CCCCCCCCC/C=C\CCCCCC. The van der Waals surface area contributed by atoms with Gasteiger partial charge >= 0.3 is 17.9 Å². The zero-order valence-corrected chi connectivity index (χ0v) is 41.1. The molecule has 0 saturated heterocycles. The summed E-state index contributed by atoms with van der Waals surface area (Å²) in [5.74, 6) is -0.946. The fourth-order valence-corrected chi connectivity index (χ4v) is 7.04. The highest BCUT2D eigenvalue weighted by molar-refractivity contribution is 5.71. The molecule has 0 aromatic heterocycles. The van der Waals surface area contributed by atoms with Crippen molar-refractivity contribution in [3.8, 4) is 0 Å². The average Bonchev–Trinajstić information content (AvgIpc) is 3.28. The summed E-state index contributed by atoms with van der Waals surface area (Å²) in [6.45, 7) is 6.43. The van der Waals surface area contributed by atoms with E-state index in [4.69, 9.17) is 14.2 Å². The molecule has 0 amide bonds. The lowest BCUT2D eigenvalue weighted by molar-refractivity contribution is -0.167. The molecule has 0 spiro atoms. The van der Waals surface area contributed by atoms with E-state index in [2.05, 4.69) is 57.2 Å². The molecule has 0 aliphatic rings. The number of carbonyl (C=O) groups is 3. The molecule has 0 bridgehead atoms. The highest BCUT2D eigenvalue weighted by atomic mass is 16.6. The van der Waals surface area contributed by atoms with Crippen molar-refractivity contribution in [2.45, 2.75) is 245 Å². The van der Waals surface area contributed by atoms with Gasteiger partial charge in [-0.25, -0.2) is 0 Å². The van der Waals surface area contributed by atoms with Gasteiger partial charge in [-0.15, -0.1) is 0 Å². The molecule has 0 aromatic carbocycles. The van der Waals surface area contributed by atoms with Crippen molar-refractivity contribution in [3.05, 3.63) is 85.1 Å². The Morgan fingerprint density at radius 1 is 0.333 bits per heavy atom. The summed E-state index contributed by atoms with van der Waals surface area (Å²) in [6, 6.07) is 0. The van der Waals surface area contributed by atoms with Crippen molar-refractivity contribution in [2.24, 2.45) is 0 Å². The van der Waals surface area contributed by atoms with E-state index in [1.165, 1.54) is 128 Å². The number of hydrogen-bond acceptors (Lipinski definition) is 6. The Morgan fingerprint density at radius 2 is 0.635 bits per heavy atom. The monoisotopic (exact) mass is 877 g/mol. The number of rotatable bonds is 46. The maximum absolute atomic E-state index is 12.8. The number of carbonyl (C=O) groups excluding carboxylic acids is 3. The average molecular weight is 877 g/mol. The molecule has 0 aliphatic heterocycles. The fraction of sp³-hybridized carbons (Fsp3) is 0.702. The molecule has 0 radical (unpaired) electrons. The highest BCUT2D eigenvalue weighted by Crippen LogP contribution is 2.14. The van der Waals surface area contributed by atoms with Crippen LogP contribution in [0.5, 0.6) is 0 Å². The lowest BCUT2D eigenvalue weighted by Crippen LogP contribution is -2.30. The molecule has 63 heavy (non-hydrogen) atoms. The summed E-state index contributed by atoms with van der Waals surface area (Å²) in [5, 5.41) is 0. The van der Waals surface area contributed by atoms with Gasteiger partial charge in [-0.3, -0.25) is 14.4 Å². The number of hydrogen-bond donors (Lipinski definition) is 0. The Balaban J connectivity index is 4.47. The molecule has 6 heteroatoms. The van der Waals surface area contributed by atoms with Crippen LogP contribution in [0, 0.1) is 0 Å². The van der Waals surface area contributed by atoms with Crippen LogP contribution in [-0.2, 0) is 28.6 Å². The van der Waals surface area contributed by atoms with Crippen molar-refractivity contribution >= 4 is 17.9 Å². The summed E-state index contributed by atoms with van der Waals surface area (Å²) in [7, 11) is 0. The second kappa shape index (κ2) is 51.2. The Kier molecular flexibility index (Phi) is 48.5. The predicted octanol–water partition coefficient (Wildman–Crippen LogP) is 17.2. The van der Waals surface area contributed by atoms with Crippen molar-refractivity contribution in [2.75, 3.05) is 13.2 Å². The number of esters is 3. The van der Waals surface area contributed by atoms with E-state index in [0.717, 1.165) is 70.6 Å². The zero-order chi connectivity index (χ0) is 45.8. The smallest absolute Gasteiger partial charge is 0.306 e. The third kappa shape index (κ3) is 49.5. The summed E-state index contributed by atoms with van der Waals surface area (Å²) < 4.78 is 16.8. The topological polar surface area (TPSA) is 78.9 Å². The number of ether oxygens (including phenoxy) is 3. The van der Waals surface area contributed by atoms with Crippen LogP contribution in [0.1, 0.15) is 239 Å². The lowest BCUT2D eigenvalue weighted by atomic mass is 10.1. The molecular weight excluding hydrogens is 781 g/mol. The van der Waals surface area contributed by atoms with Crippen LogP contribution in [0.2, 0.25) is 0 Å². The summed E-state index contributed by atoms with van der Waals surface area (Å²) in [6.07, 6.45) is 65.6. The van der Waals surface area contributed by atoms with Gasteiger partial charge in [0.25, 0.3) is 0 Å². The normalized spacial score (nSPS) is 12.7. The predicted molar refractivity (Wildman–Crippen MR) is 270 cm³/mol. The van der Waals surface area contributed by atoms with Crippen LogP contribution in [0.4, 0.5) is 0 Å². The molecule has 0 aromatic rings. The minimum atomic E-state index is -0.798. The maximum Gasteiger partial charge on any atom is 0.306 e. The standard InChI is InChI=1S/C57H96O6/c1-4-7-10-13-16-19-22-25-28-31-34-37-40-43-46-49-55(58)61-52-54(63-57(60)51-48-45-42-39-36-33-30-27-24-21-18-15-12-9-6-3)53-62-56(59)50-47-44-41-38-35-32-29-26-23-20-17-14-11-8-5-2/h7,10,13,16,19-25,28,31,34,54H,4-6,8-9,11-12,14-15,17-18,26-27,29-30,32-33,35-53H2,1-3H3/b10-7-,16-13-,22-19-,23-20-,24-21-,28-25-,34-31-. The van der Waals surface area contributed by atoms with Gasteiger partial charge in [0.1, 0.15) is 13.2 Å². The Bertz CT molecular complexity index is 1240. The van der Waals surface area contributed by atoms with Gasteiger partial charge in [0, 0.05) is 19.3 Å². The quantitative estimate of drug-likeness (QED) is 0.0199. The lowest BCUT2D eigenvalue weighted by Gasteiger charge is -2.18. The first-order valence-corrected chi connectivity index (χ1v) is 26.2. The van der Waals surface area contributed by atoms with Crippen LogP contribution >= 0.6 is 0 Å². The van der Waals surface area contributed by atoms with E-state index in [9.17, 15) is 14.4 Å². The van der Waals surface area contributed by atoms with E-state index < -0.39 is 6.10 Å². The Labute approximate surface area is 388 Å².